The van der Waals surface area contributed by atoms with Crippen molar-refractivity contribution >= 4 is 17.5 Å². The second-order valence-electron chi connectivity index (χ2n) is 4.79. The van der Waals surface area contributed by atoms with Crippen molar-refractivity contribution in [3.63, 3.8) is 0 Å². The summed E-state index contributed by atoms with van der Waals surface area (Å²) in [5.74, 6) is 0.707. The maximum Gasteiger partial charge on any atom is 0.322 e. The summed E-state index contributed by atoms with van der Waals surface area (Å²) in [5, 5.41) is 11.9. The van der Waals surface area contributed by atoms with Gasteiger partial charge in [0.15, 0.2) is 5.82 Å². The molecule has 0 radical (unpaired) electrons. The van der Waals surface area contributed by atoms with Gasteiger partial charge in [0.25, 0.3) is 0 Å². The summed E-state index contributed by atoms with van der Waals surface area (Å²) in [6.07, 6.45) is 0. The molecule has 6 heteroatoms. The molecule has 6 nitrogen and oxygen atoms in total. The van der Waals surface area contributed by atoms with E-state index in [1.54, 1.807) is 14.0 Å². The van der Waals surface area contributed by atoms with Crippen molar-refractivity contribution < 1.29 is 9.90 Å². The van der Waals surface area contributed by atoms with Gasteiger partial charge in [0, 0.05) is 26.8 Å². The second kappa shape index (κ2) is 6.38. The molecular weight excluding hydrogens is 244 g/mol. The van der Waals surface area contributed by atoms with E-state index in [-0.39, 0.29) is 18.7 Å². The number of aliphatic hydroxyl groups excluding tert-OH is 1. The Balaban J connectivity index is 2.90. The molecule has 0 spiro atoms. The minimum atomic E-state index is -0.268. The Morgan fingerprint density at radius 1 is 1.42 bits per heavy atom. The number of hydrogen-bond donors (Lipinski definition) is 2. The van der Waals surface area contributed by atoms with Crippen LogP contribution in [-0.2, 0) is 0 Å². The fourth-order valence-corrected chi connectivity index (χ4v) is 1.51. The van der Waals surface area contributed by atoms with Crippen LogP contribution in [0.3, 0.4) is 0 Å². The zero-order valence-electron chi connectivity index (χ0n) is 12.1. The fourth-order valence-electron chi connectivity index (χ4n) is 1.51. The summed E-state index contributed by atoms with van der Waals surface area (Å²) in [4.78, 5) is 19.7. The lowest BCUT2D eigenvalue weighted by Crippen LogP contribution is -2.40. The van der Waals surface area contributed by atoms with Crippen molar-refractivity contribution in [2.75, 3.05) is 38.0 Å². The molecule has 0 bridgehead atoms. The van der Waals surface area contributed by atoms with Crippen LogP contribution in [0.1, 0.15) is 12.6 Å². The van der Waals surface area contributed by atoms with Gasteiger partial charge in [-0.3, -0.25) is 0 Å². The third-order valence-electron chi connectivity index (χ3n) is 2.93. The summed E-state index contributed by atoms with van der Waals surface area (Å²) in [7, 11) is 5.39. The number of anilines is 2. The normalized spacial score (nSPS) is 11.9. The van der Waals surface area contributed by atoms with Gasteiger partial charge in [0.05, 0.1) is 18.3 Å². The van der Waals surface area contributed by atoms with Crippen molar-refractivity contribution in [1.82, 2.24) is 9.88 Å². The van der Waals surface area contributed by atoms with E-state index in [9.17, 15) is 4.79 Å². The maximum atomic E-state index is 12.0. The molecule has 1 rings (SSSR count). The Kier molecular flexibility index (Phi) is 5.11. The Bertz CT molecular complexity index is 448. The van der Waals surface area contributed by atoms with Crippen LogP contribution in [0.4, 0.5) is 16.3 Å². The highest BCUT2D eigenvalue weighted by Gasteiger charge is 2.17. The number of rotatable bonds is 4. The van der Waals surface area contributed by atoms with Gasteiger partial charge in [-0.15, -0.1) is 0 Å². The first-order chi connectivity index (χ1) is 8.86. The van der Waals surface area contributed by atoms with E-state index >= 15 is 0 Å². The van der Waals surface area contributed by atoms with E-state index in [2.05, 4.69) is 10.3 Å². The van der Waals surface area contributed by atoms with Crippen LogP contribution in [0.25, 0.3) is 0 Å². The van der Waals surface area contributed by atoms with Gasteiger partial charge in [-0.05, 0) is 26.0 Å². The highest BCUT2D eigenvalue weighted by Crippen LogP contribution is 2.22. The zero-order valence-corrected chi connectivity index (χ0v) is 12.1. The van der Waals surface area contributed by atoms with Gasteiger partial charge in [-0.1, -0.05) is 0 Å². The highest BCUT2D eigenvalue weighted by atomic mass is 16.3. The number of carbonyl (C=O) groups is 1. The monoisotopic (exact) mass is 266 g/mol. The average molecular weight is 266 g/mol. The highest BCUT2D eigenvalue weighted by molar-refractivity contribution is 5.92. The van der Waals surface area contributed by atoms with Gasteiger partial charge in [0.2, 0.25) is 0 Å². The molecule has 0 saturated carbocycles. The number of carbonyl (C=O) groups excluding carboxylic acids is 1. The van der Waals surface area contributed by atoms with Crippen molar-refractivity contribution in [2.24, 2.45) is 0 Å². The summed E-state index contributed by atoms with van der Waals surface area (Å²) in [5.41, 5.74) is 1.54. The lowest BCUT2D eigenvalue weighted by Gasteiger charge is -2.25. The van der Waals surface area contributed by atoms with Gasteiger partial charge in [-0.2, -0.15) is 0 Å². The first kappa shape index (κ1) is 15.2. The van der Waals surface area contributed by atoms with Crippen molar-refractivity contribution in [1.29, 1.82) is 0 Å². The molecule has 1 aromatic heterocycles. The van der Waals surface area contributed by atoms with E-state index in [1.807, 2.05) is 38.1 Å². The van der Waals surface area contributed by atoms with E-state index in [4.69, 9.17) is 5.11 Å². The molecule has 0 aromatic carbocycles. The first-order valence-corrected chi connectivity index (χ1v) is 6.16. The molecule has 0 aliphatic carbocycles. The Labute approximate surface area is 114 Å². The van der Waals surface area contributed by atoms with Crippen LogP contribution in [0.5, 0.6) is 0 Å². The molecule has 1 heterocycles. The molecule has 2 N–H and O–H groups in total. The number of aliphatic hydroxyl groups is 1. The van der Waals surface area contributed by atoms with Crippen molar-refractivity contribution in [3.05, 3.63) is 17.8 Å². The van der Waals surface area contributed by atoms with Gasteiger partial charge in [-0.25, -0.2) is 9.78 Å². The molecule has 0 aliphatic rings. The molecular formula is C13H22N4O2. The Hall–Kier alpha value is -1.82. The topological polar surface area (TPSA) is 68.7 Å². The minimum absolute atomic E-state index is 0.0728. The van der Waals surface area contributed by atoms with E-state index in [0.29, 0.717) is 11.5 Å². The number of nitrogens with one attached hydrogen (secondary N) is 1. The predicted molar refractivity (Wildman–Crippen MR) is 76.6 cm³/mol. The van der Waals surface area contributed by atoms with Gasteiger partial charge >= 0.3 is 6.03 Å². The second-order valence-corrected chi connectivity index (χ2v) is 4.79. The molecule has 0 fully saturated rings. The minimum Gasteiger partial charge on any atom is -0.394 e. The van der Waals surface area contributed by atoms with Crippen LogP contribution in [0, 0.1) is 6.92 Å². The summed E-state index contributed by atoms with van der Waals surface area (Å²) in [6, 6.07) is 3.17. The molecule has 19 heavy (non-hydrogen) atoms. The average Bonchev–Trinajstić information content (AvgIpc) is 2.38. The van der Waals surface area contributed by atoms with Crippen molar-refractivity contribution in [2.45, 2.75) is 19.9 Å². The molecule has 0 saturated heterocycles. The Morgan fingerprint density at radius 3 is 2.58 bits per heavy atom. The van der Waals surface area contributed by atoms with Crippen molar-refractivity contribution in [3.8, 4) is 0 Å². The fraction of sp³-hybridized carbons (Fsp3) is 0.538. The van der Waals surface area contributed by atoms with Gasteiger partial charge in [0.1, 0.15) is 0 Å². The number of nitrogens with zero attached hydrogens (tertiary/aromatic N) is 3. The Morgan fingerprint density at radius 2 is 2.05 bits per heavy atom. The number of likely N-dealkylation sites (N-methyl/N-ethyl adjacent to an activating group) is 1. The third kappa shape index (κ3) is 3.82. The predicted octanol–water partition coefficient (Wildman–Crippen LogP) is 1.30. The number of urea groups is 1. The summed E-state index contributed by atoms with van der Waals surface area (Å²) in [6.45, 7) is 3.61. The number of hydrogen-bond acceptors (Lipinski definition) is 4. The number of pyridine rings is 1. The SMILES string of the molecule is Cc1ccc(NC(=O)N(C)C(C)CO)c(N(C)C)n1. The maximum absolute atomic E-state index is 12.0. The smallest absolute Gasteiger partial charge is 0.322 e. The molecule has 2 amide bonds. The summed E-state index contributed by atoms with van der Waals surface area (Å²) < 4.78 is 0. The van der Waals surface area contributed by atoms with E-state index in [1.165, 1.54) is 4.90 Å². The van der Waals surface area contributed by atoms with Crippen LogP contribution in [0.15, 0.2) is 12.1 Å². The number of aromatic nitrogens is 1. The largest absolute Gasteiger partial charge is 0.394 e. The van der Waals surface area contributed by atoms with Gasteiger partial charge < -0.3 is 20.2 Å². The third-order valence-corrected chi connectivity index (χ3v) is 2.93. The quantitative estimate of drug-likeness (QED) is 0.862. The lowest BCUT2D eigenvalue weighted by atomic mass is 10.3. The van der Waals surface area contributed by atoms with E-state index in [0.717, 1.165) is 5.69 Å². The summed E-state index contributed by atoms with van der Waals surface area (Å²) >= 11 is 0. The lowest BCUT2D eigenvalue weighted by molar-refractivity contribution is 0.166. The van der Waals surface area contributed by atoms with Crippen LogP contribution >= 0.6 is 0 Å². The number of amides is 2. The zero-order chi connectivity index (χ0) is 14.6. The van der Waals surface area contributed by atoms with E-state index < -0.39 is 0 Å². The molecule has 1 aromatic rings. The molecule has 1 unspecified atom stereocenters. The standard InChI is InChI=1S/C13H22N4O2/c1-9-6-7-11(12(14-9)16(3)4)15-13(19)17(5)10(2)8-18/h6-7,10,18H,8H2,1-5H3,(H,15,19). The molecule has 1 atom stereocenters. The number of aryl methyl sites for hydroxylation is 1. The molecule has 106 valence electrons. The first-order valence-electron chi connectivity index (χ1n) is 6.16. The van der Waals surface area contributed by atoms with Crippen LogP contribution < -0.4 is 10.2 Å². The molecule has 0 aliphatic heterocycles. The van der Waals surface area contributed by atoms with Crippen LogP contribution in [0.2, 0.25) is 0 Å². The van der Waals surface area contributed by atoms with Crippen LogP contribution in [-0.4, -0.2) is 54.8 Å².